The molecule has 19 heavy (non-hydrogen) atoms. The van der Waals surface area contributed by atoms with Gasteiger partial charge < -0.3 is 20.3 Å². The third kappa shape index (κ3) is 4.40. The van der Waals surface area contributed by atoms with Crippen molar-refractivity contribution in [2.45, 2.75) is 39.8 Å². The Morgan fingerprint density at radius 1 is 1.21 bits per heavy atom. The highest BCUT2D eigenvalue weighted by Crippen LogP contribution is 2.30. The zero-order chi connectivity index (χ0) is 14.5. The van der Waals surface area contributed by atoms with Crippen LogP contribution in [0, 0.1) is 5.41 Å². The van der Waals surface area contributed by atoms with Gasteiger partial charge in [0.2, 0.25) is 0 Å². The predicted octanol–water partition coefficient (Wildman–Crippen LogP) is 2.20. The molecule has 0 amide bonds. The van der Waals surface area contributed by atoms with Crippen LogP contribution in [-0.2, 0) is 0 Å². The molecule has 108 valence electrons. The summed E-state index contributed by atoms with van der Waals surface area (Å²) in [6.07, 6.45) is -0.457. The molecular weight excluding hydrogens is 242 g/mol. The summed E-state index contributed by atoms with van der Waals surface area (Å²) in [5, 5.41) is 9.50. The number of hydrogen-bond donors (Lipinski definition) is 2. The van der Waals surface area contributed by atoms with Gasteiger partial charge in [-0.3, -0.25) is 0 Å². The second kappa shape index (κ2) is 6.78. The van der Waals surface area contributed by atoms with Crippen molar-refractivity contribution in [1.82, 2.24) is 0 Å². The van der Waals surface area contributed by atoms with E-state index in [0.717, 1.165) is 0 Å². The predicted molar refractivity (Wildman–Crippen MR) is 76.5 cm³/mol. The van der Waals surface area contributed by atoms with Gasteiger partial charge in [-0.05, 0) is 24.5 Å². The van der Waals surface area contributed by atoms with Gasteiger partial charge >= 0.3 is 0 Å². The molecule has 4 heteroatoms. The third-order valence-corrected chi connectivity index (χ3v) is 3.01. The average molecular weight is 267 g/mol. The lowest BCUT2D eigenvalue weighted by Gasteiger charge is -2.33. The van der Waals surface area contributed by atoms with Gasteiger partial charge in [-0.15, -0.1) is 0 Å². The fourth-order valence-corrected chi connectivity index (χ4v) is 1.77. The van der Waals surface area contributed by atoms with E-state index >= 15 is 0 Å². The Kier molecular flexibility index (Phi) is 5.63. The van der Waals surface area contributed by atoms with Crippen molar-refractivity contribution in [2.24, 2.45) is 11.1 Å². The lowest BCUT2D eigenvalue weighted by molar-refractivity contribution is 0.0567. The minimum atomic E-state index is -0.457. The van der Waals surface area contributed by atoms with Crippen LogP contribution in [0.1, 0.15) is 27.7 Å². The molecule has 0 aromatic heterocycles. The number of para-hydroxylation sites is 2. The number of ether oxygens (including phenoxy) is 2. The van der Waals surface area contributed by atoms with E-state index in [1.807, 2.05) is 52.0 Å². The zero-order valence-corrected chi connectivity index (χ0v) is 12.2. The lowest BCUT2D eigenvalue weighted by atomic mass is 9.84. The van der Waals surface area contributed by atoms with Crippen molar-refractivity contribution in [2.75, 3.05) is 13.2 Å². The maximum atomic E-state index is 9.50. The monoisotopic (exact) mass is 267 g/mol. The number of nitrogens with two attached hydrogens (primary N) is 1. The summed E-state index contributed by atoms with van der Waals surface area (Å²) in [4.78, 5) is 0. The van der Waals surface area contributed by atoms with Crippen LogP contribution in [0.2, 0.25) is 0 Å². The summed E-state index contributed by atoms with van der Waals surface area (Å²) >= 11 is 0. The average Bonchev–Trinajstić information content (AvgIpc) is 2.36. The van der Waals surface area contributed by atoms with Crippen molar-refractivity contribution in [3.63, 3.8) is 0 Å². The molecule has 0 bridgehead atoms. The second-order valence-electron chi connectivity index (χ2n) is 5.61. The Hall–Kier alpha value is -1.26. The Morgan fingerprint density at radius 2 is 1.79 bits per heavy atom. The van der Waals surface area contributed by atoms with Crippen molar-refractivity contribution >= 4 is 0 Å². The van der Waals surface area contributed by atoms with Gasteiger partial charge in [0.05, 0.1) is 13.2 Å². The van der Waals surface area contributed by atoms with Gasteiger partial charge in [0.15, 0.2) is 11.5 Å². The number of aliphatic hydroxyl groups is 1. The first-order valence-electron chi connectivity index (χ1n) is 6.65. The normalized spacial score (nSPS) is 14.8. The number of hydrogen-bond acceptors (Lipinski definition) is 4. The third-order valence-electron chi connectivity index (χ3n) is 3.01. The van der Waals surface area contributed by atoms with Crippen LogP contribution >= 0.6 is 0 Å². The van der Waals surface area contributed by atoms with E-state index < -0.39 is 6.10 Å². The molecule has 0 spiro atoms. The molecule has 1 aromatic rings. The Labute approximate surface area is 115 Å². The maximum absolute atomic E-state index is 9.50. The first-order chi connectivity index (χ1) is 8.90. The van der Waals surface area contributed by atoms with Gasteiger partial charge in [-0.2, -0.15) is 0 Å². The van der Waals surface area contributed by atoms with Crippen molar-refractivity contribution in [1.29, 1.82) is 0 Å². The smallest absolute Gasteiger partial charge is 0.161 e. The topological polar surface area (TPSA) is 64.7 Å². The zero-order valence-electron chi connectivity index (χ0n) is 12.2. The molecule has 0 fully saturated rings. The highest BCUT2D eigenvalue weighted by atomic mass is 16.5. The van der Waals surface area contributed by atoms with Crippen LogP contribution < -0.4 is 15.2 Å². The standard InChI is InChI=1S/C15H25NO3/c1-5-18-11-8-6-7-9-12(11)19-13(10-17)14(16)15(2,3)4/h6-9,13-14,17H,5,10,16H2,1-4H3. The minimum absolute atomic E-state index is 0.126. The van der Waals surface area contributed by atoms with Gasteiger partial charge in [-0.1, -0.05) is 32.9 Å². The van der Waals surface area contributed by atoms with Crippen molar-refractivity contribution in [3.05, 3.63) is 24.3 Å². The van der Waals surface area contributed by atoms with E-state index in [-0.39, 0.29) is 18.1 Å². The molecule has 0 heterocycles. The fourth-order valence-electron chi connectivity index (χ4n) is 1.77. The highest BCUT2D eigenvalue weighted by Gasteiger charge is 2.30. The summed E-state index contributed by atoms with van der Waals surface area (Å²) in [7, 11) is 0. The maximum Gasteiger partial charge on any atom is 0.161 e. The number of benzene rings is 1. The largest absolute Gasteiger partial charge is 0.490 e. The van der Waals surface area contributed by atoms with Crippen molar-refractivity contribution < 1.29 is 14.6 Å². The van der Waals surface area contributed by atoms with Crippen LogP contribution in [0.4, 0.5) is 0 Å². The van der Waals surface area contributed by atoms with Gasteiger partial charge in [0.1, 0.15) is 6.10 Å². The molecule has 1 rings (SSSR count). The molecule has 4 nitrogen and oxygen atoms in total. The minimum Gasteiger partial charge on any atom is -0.490 e. The van der Waals surface area contributed by atoms with Gasteiger partial charge in [-0.25, -0.2) is 0 Å². The lowest BCUT2D eigenvalue weighted by Crippen LogP contribution is -2.49. The molecular formula is C15H25NO3. The fraction of sp³-hybridized carbons (Fsp3) is 0.600. The Bertz CT molecular complexity index is 387. The van der Waals surface area contributed by atoms with E-state index in [1.165, 1.54) is 0 Å². The van der Waals surface area contributed by atoms with Crippen LogP contribution in [0.3, 0.4) is 0 Å². The van der Waals surface area contributed by atoms with Crippen LogP contribution in [0.15, 0.2) is 24.3 Å². The molecule has 2 unspecified atom stereocenters. The molecule has 0 saturated carbocycles. The summed E-state index contributed by atoms with van der Waals surface area (Å²) in [6.45, 7) is 8.43. The molecule has 1 aromatic carbocycles. The van der Waals surface area contributed by atoms with E-state index in [0.29, 0.717) is 18.1 Å². The second-order valence-corrected chi connectivity index (χ2v) is 5.61. The summed E-state index contributed by atoms with van der Waals surface area (Å²) in [5.74, 6) is 1.28. The van der Waals surface area contributed by atoms with Crippen molar-refractivity contribution in [3.8, 4) is 11.5 Å². The molecule has 2 atom stereocenters. The summed E-state index contributed by atoms with van der Waals surface area (Å²) in [6, 6.07) is 7.15. The first-order valence-corrected chi connectivity index (χ1v) is 6.65. The number of rotatable bonds is 6. The molecule has 0 aliphatic carbocycles. The highest BCUT2D eigenvalue weighted by molar-refractivity contribution is 5.39. The molecule has 0 aliphatic heterocycles. The van der Waals surface area contributed by atoms with E-state index in [1.54, 1.807) is 0 Å². The summed E-state index contributed by atoms with van der Waals surface area (Å²) in [5.41, 5.74) is 6.01. The van der Waals surface area contributed by atoms with Crippen LogP contribution in [-0.4, -0.2) is 30.5 Å². The van der Waals surface area contributed by atoms with E-state index in [2.05, 4.69) is 0 Å². The van der Waals surface area contributed by atoms with Gasteiger partial charge in [0, 0.05) is 6.04 Å². The molecule has 0 saturated heterocycles. The van der Waals surface area contributed by atoms with E-state index in [4.69, 9.17) is 15.2 Å². The van der Waals surface area contributed by atoms with Crippen LogP contribution in [0.25, 0.3) is 0 Å². The van der Waals surface area contributed by atoms with Crippen LogP contribution in [0.5, 0.6) is 11.5 Å². The molecule has 3 N–H and O–H groups in total. The molecule has 0 radical (unpaired) electrons. The summed E-state index contributed by atoms with van der Waals surface area (Å²) < 4.78 is 11.3. The van der Waals surface area contributed by atoms with Gasteiger partial charge in [0.25, 0.3) is 0 Å². The first kappa shape index (κ1) is 15.8. The SMILES string of the molecule is CCOc1ccccc1OC(CO)C(N)C(C)(C)C. The Morgan fingerprint density at radius 3 is 2.26 bits per heavy atom. The Balaban J connectivity index is 2.87. The molecule has 0 aliphatic rings. The quantitative estimate of drug-likeness (QED) is 0.829. The number of aliphatic hydroxyl groups excluding tert-OH is 1. The van der Waals surface area contributed by atoms with E-state index in [9.17, 15) is 5.11 Å².